The van der Waals surface area contributed by atoms with Crippen LogP contribution in [0.1, 0.15) is 232 Å². The largest absolute Gasteiger partial charge is 0.477 e. The first-order valence-electron chi connectivity index (χ1n) is 48.6. The van der Waals surface area contributed by atoms with Gasteiger partial charge in [-0.15, -0.1) is 12.4 Å². The lowest BCUT2D eigenvalue weighted by atomic mass is 9.67. The molecule has 140 heavy (non-hydrogen) atoms. The smallest absolute Gasteiger partial charge is 0.410 e. The summed E-state index contributed by atoms with van der Waals surface area (Å²) in [4.78, 5) is 215. The maximum Gasteiger partial charge on any atom is 0.410 e. The third kappa shape index (κ3) is 25.1. The fraction of sp³-hybridized carbons (Fsp3) is 0.596. The van der Waals surface area contributed by atoms with Gasteiger partial charge in [0.15, 0.2) is 0 Å². The number of H-pyrrole nitrogens is 3. The Morgan fingerprint density at radius 1 is 0.436 bits per heavy atom. The standard InChI is InChI=1S/C26H31ClN4O5.C25H30ClN5O4.C22H35N3O6.C17H27N3O4.C9H6ClNO2.ClH/c1-36-25(35)19(12-16-6-3-10-28-22(16)32)30-23(33)20-13-26(8-4-9-26)14-31(20)24(34)18-11-15-5-2-7-17(27)21(15)29-18;26-16-6-1-4-14-10-18(29-20(14)16)24(35)31-13-25(7-3-8-25)12-19(31)23(34)30-17(21(27)32)11-15-5-2-9-28-22(15)33;1-21(2,3)31-20(29)25-13-22(8-6-9-22)12-16(25)18(27)24-15(19(28)30-4)11-14-7-5-10-23-17(14)26;1-24-16(23)12(8-11-4-2-7-18-14(11)21)20-15(22)13-9-17(10-19-13)5-3-6-17;10-6-3-1-2-5-4-7(9(12)13)11-8(5)6;/h2,5,7,11,16,19-20,29H,3-4,6,8-10,12-14H2,1H3,(H,28,32)(H,30,33);1,4,6,10,15,17,19,29H,2-3,5,7-9,11-13H2,(H2,27,32)(H,28,33)(H,30,34);14-16H,5-13H2,1-4H3,(H,23,26)(H,24,27);11-13,19H,2-10H2,1H3,(H,18,21)(H,20,22);1-4,11H,(H,12,13);1H/t16-,19-,20?;15-,17-,19?;14-,15-,16?;11-,12-,13?;;/m0000../s1. The highest BCUT2D eigenvalue weighted by atomic mass is 35.5. The van der Waals surface area contributed by atoms with E-state index in [9.17, 15) is 76.7 Å². The first-order chi connectivity index (χ1) is 66.3. The molecule has 4 aliphatic carbocycles. The van der Waals surface area contributed by atoms with Gasteiger partial charge in [0.25, 0.3) is 11.8 Å². The number of primary amides is 1. The number of methoxy groups -OCH3 is 3. The zero-order chi connectivity index (χ0) is 99.6. The molecule has 6 aromatic rings. The van der Waals surface area contributed by atoms with E-state index in [2.05, 4.69) is 62.8 Å². The van der Waals surface area contributed by atoms with Crippen molar-refractivity contribution in [3.63, 3.8) is 0 Å². The van der Waals surface area contributed by atoms with Crippen molar-refractivity contribution >= 4 is 175 Å². The topological polar surface area (TPSA) is 522 Å². The molecule has 15 N–H and O–H groups in total. The number of piperidine rings is 4. The number of ether oxygens (including phenoxy) is 4. The first-order valence-corrected chi connectivity index (χ1v) is 49.7. The summed E-state index contributed by atoms with van der Waals surface area (Å²) in [5, 5.41) is 38.4. The fourth-order valence-electron chi connectivity index (χ4n) is 21.9. The van der Waals surface area contributed by atoms with Crippen LogP contribution >= 0.6 is 47.2 Å². The van der Waals surface area contributed by atoms with E-state index < -0.39 is 101 Å². The lowest BCUT2D eigenvalue weighted by Crippen LogP contribution is -2.53. The SMILES string of the molecule is COC(=O)[C@H](C[C@@H]1CCCNC1=O)NC(=O)C1CC2(CCC2)CN1.COC(=O)[C@H](C[C@@H]1CCCNC1=O)NC(=O)C1CC2(CCC2)CN1C(=O)OC(C)(C)C.COC(=O)[C@H](C[C@@H]1CCCNC1=O)NC(=O)C1CC2(CCC2)CN1C(=O)c1cc2cccc(Cl)c2[nH]1.Cl.NC(=O)[C@H](C[C@@H]1CCCNC1=O)NC(=O)C1CC2(CCC2)CN1C(=O)c1cc2cccc(Cl)c2[nH]1.O=C(O)c1cc2cccc(Cl)c2[nH]1. The van der Waals surface area contributed by atoms with Crippen LogP contribution in [0.3, 0.4) is 0 Å². The Morgan fingerprint density at radius 3 is 1.04 bits per heavy atom. The van der Waals surface area contributed by atoms with Gasteiger partial charge >= 0.3 is 30.0 Å². The van der Waals surface area contributed by atoms with Gasteiger partial charge in [-0.3, -0.25) is 57.6 Å². The summed E-state index contributed by atoms with van der Waals surface area (Å²) in [6, 6.07) is 15.2. The molecule has 11 heterocycles. The van der Waals surface area contributed by atoms with Crippen molar-refractivity contribution in [3.8, 4) is 0 Å². The Kier molecular flexibility index (Phi) is 34.7. The van der Waals surface area contributed by atoms with Crippen LogP contribution in [-0.2, 0) is 76.5 Å². The van der Waals surface area contributed by atoms with Gasteiger partial charge in [0.2, 0.25) is 53.2 Å². The summed E-state index contributed by atoms with van der Waals surface area (Å²) in [5.41, 5.74) is 7.92. The molecule has 3 aromatic carbocycles. The molecule has 41 heteroatoms. The number of carbonyl (C=O) groups excluding carboxylic acids is 15. The number of fused-ring (bicyclic) bond motifs is 3. The minimum Gasteiger partial charge on any atom is -0.477 e. The number of carboxylic acids is 1. The van der Waals surface area contributed by atoms with Crippen molar-refractivity contribution in [1.29, 1.82) is 0 Å². The van der Waals surface area contributed by atoms with Crippen molar-refractivity contribution in [2.75, 3.05) is 73.7 Å². The van der Waals surface area contributed by atoms with E-state index in [-0.39, 0.29) is 130 Å². The molecule has 0 radical (unpaired) electrons. The number of halogens is 4. The van der Waals surface area contributed by atoms with E-state index in [0.717, 1.165) is 119 Å². The number of esters is 3. The molecule has 37 nitrogen and oxygen atoms in total. The summed E-state index contributed by atoms with van der Waals surface area (Å²) in [6.07, 6.45) is 21.4. The normalized spacial score (nSPS) is 23.9. The van der Waals surface area contributed by atoms with Crippen LogP contribution in [0.4, 0.5) is 4.79 Å². The highest BCUT2D eigenvalue weighted by Crippen LogP contribution is 2.54. The second-order valence-corrected chi connectivity index (χ2v) is 42.1. The number of nitrogens with two attached hydrogens (primary N) is 1. The number of hydrogen-bond donors (Lipinski definition) is 14. The monoisotopic (exact) mass is 2020 g/mol. The van der Waals surface area contributed by atoms with Crippen molar-refractivity contribution in [3.05, 3.63) is 105 Å². The lowest BCUT2D eigenvalue weighted by Gasteiger charge is -2.37. The molecule has 0 bridgehead atoms. The summed E-state index contributed by atoms with van der Waals surface area (Å²) in [6.45, 7) is 10.2. The maximum atomic E-state index is 13.6. The summed E-state index contributed by atoms with van der Waals surface area (Å²) in [7, 11) is 3.83. The van der Waals surface area contributed by atoms with Gasteiger partial charge in [0, 0.05) is 92.2 Å². The summed E-state index contributed by atoms with van der Waals surface area (Å²) >= 11 is 18.4. The zero-order valence-corrected chi connectivity index (χ0v) is 83.0. The molecule has 12 fully saturated rings. The number of nitrogens with one attached hydrogen (secondary N) is 12. The maximum absolute atomic E-state index is 13.6. The number of carbonyl (C=O) groups is 16. The number of aromatic nitrogens is 3. The molecule has 760 valence electrons. The van der Waals surface area contributed by atoms with Crippen molar-refractivity contribution in [2.24, 2.45) is 51.1 Å². The van der Waals surface area contributed by atoms with Gasteiger partial charge in [-0.1, -0.05) is 96.9 Å². The number of para-hydroxylation sites is 3. The summed E-state index contributed by atoms with van der Waals surface area (Å²) in [5.74, 6) is -7.01. The molecule has 12 amide bonds. The number of amides is 12. The molecule has 4 unspecified atom stereocenters. The molecule has 4 saturated carbocycles. The third-order valence-electron chi connectivity index (χ3n) is 30.2. The first kappa shape index (κ1) is 106. The molecule has 12 aliphatic rings. The zero-order valence-electron chi connectivity index (χ0n) is 79.9. The van der Waals surface area contributed by atoms with Crippen molar-refractivity contribution < 1.29 is 101 Å². The van der Waals surface area contributed by atoms with Gasteiger partial charge in [-0.05, 0) is 233 Å². The minimum absolute atomic E-state index is 0. The number of nitrogens with zero attached hydrogens (tertiary/aromatic N) is 3. The van der Waals surface area contributed by atoms with Crippen LogP contribution in [0, 0.1) is 45.3 Å². The lowest BCUT2D eigenvalue weighted by molar-refractivity contribution is -0.147. The van der Waals surface area contributed by atoms with Crippen LogP contribution in [-0.4, -0.2) is 257 Å². The van der Waals surface area contributed by atoms with Crippen molar-refractivity contribution in [1.82, 2.24) is 77.5 Å². The highest BCUT2D eigenvalue weighted by molar-refractivity contribution is 6.36. The predicted octanol–water partition coefficient (Wildman–Crippen LogP) is 9.65. The molecule has 8 aliphatic heterocycles. The fourth-order valence-corrected chi connectivity index (χ4v) is 22.6. The average molecular weight is 2020 g/mol. The number of benzene rings is 3. The third-order valence-corrected chi connectivity index (χ3v) is 31.1. The Labute approximate surface area is 832 Å². The Bertz CT molecular complexity index is 5640. The number of aromatic carboxylic acids is 1. The number of rotatable bonds is 23. The van der Waals surface area contributed by atoms with E-state index in [0.29, 0.717) is 134 Å². The Morgan fingerprint density at radius 2 is 0.743 bits per heavy atom. The molecule has 3 aromatic heterocycles. The molecular weight excluding hydrogens is 1890 g/mol. The van der Waals surface area contributed by atoms with Gasteiger partial charge in [0.1, 0.15) is 65.0 Å². The van der Waals surface area contributed by atoms with Crippen LogP contribution in [0.25, 0.3) is 32.7 Å². The predicted molar refractivity (Wildman–Crippen MR) is 520 cm³/mol. The Hall–Kier alpha value is -11.3. The molecular formula is C99H130Cl4N16O21. The molecule has 18 rings (SSSR count). The van der Waals surface area contributed by atoms with E-state index in [1.165, 1.54) is 45.5 Å². The van der Waals surface area contributed by atoms with E-state index in [1.54, 1.807) is 73.0 Å². The second kappa shape index (κ2) is 45.8. The van der Waals surface area contributed by atoms with E-state index in [4.69, 9.17) is 64.6 Å². The van der Waals surface area contributed by atoms with Gasteiger partial charge in [0.05, 0.1) is 59.0 Å². The van der Waals surface area contributed by atoms with Crippen LogP contribution < -0.4 is 53.6 Å². The van der Waals surface area contributed by atoms with E-state index in [1.807, 2.05) is 30.3 Å². The van der Waals surface area contributed by atoms with Gasteiger partial charge < -0.3 is 102 Å². The number of hydrogen-bond acceptors (Lipinski definition) is 21. The molecule has 4 spiro atoms. The number of likely N-dealkylation sites (tertiary alicyclic amines) is 3. The van der Waals surface area contributed by atoms with Gasteiger partial charge in [-0.2, -0.15) is 0 Å². The minimum atomic E-state index is -0.979. The van der Waals surface area contributed by atoms with Gasteiger partial charge in [-0.25, -0.2) is 24.0 Å². The Balaban J connectivity index is 0.000000151. The van der Waals surface area contributed by atoms with Crippen LogP contribution in [0.2, 0.25) is 15.1 Å². The second-order valence-electron chi connectivity index (χ2n) is 40.8. The number of carboxylic acid groups (broad SMARTS) is 1. The molecule has 8 saturated heterocycles. The van der Waals surface area contributed by atoms with Crippen molar-refractivity contribution in [2.45, 2.75) is 254 Å². The molecule has 12 atom stereocenters. The number of aromatic amines is 3. The van der Waals surface area contributed by atoms with Crippen LogP contribution in [0.5, 0.6) is 0 Å². The summed E-state index contributed by atoms with van der Waals surface area (Å²) < 4.78 is 20.2. The highest BCUT2D eigenvalue weighted by Gasteiger charge is 2.57. The average Bonchev–Trinajstić information content (AvgIpc) is 1.59. The van der Waals surface area contributed by atoms with E-state index >= 15 is 0 Å². The quantitative estimate of drug-likeness (QED) is 0.0209. The van der Waals surface area contributed by atoms with Crippen LogP contribution in [0.15, 0.2) is 72.8 Å².